The van der Waals surface area contributed by atoms with Gasteiger partial charge >= 0.3 is 13.7 Å². The van der Waals surface area contributed by atoms with Crippen LogP contribution < -0.4 is 5.44 Å². The van der Waals surface area contributed by atoms with E-state index in [1.54, 1.807) is 24.3 Å². The van der Waals surface area contributed by atoms with Crippen molar-refractivity contribution in [3.63, 3.8) is 0 Å². The Kier molecular flexibility index (Phi) is 4.68. The average Bonchev–Trinajstić information content (AvgIpc) is 3.27. The lowest BCUT2D eigenvalue weighted by Crippen LogP contribution is -2.10. The molecule has 2 heterocycles. The molecule has 0 radical (unpaired) electrons. The first-order valence-corrected chi connectivity index (χ1v) is 11.3. The second-order valence-corrected chi connectivity index (χ2v) is 8.93. The fourth-order valence-electron chi connectivity index (χ4n) is 3.98. The minimum Gasteiger partial charge on any atom is -0.464 e. The minimum atomic E-state index is -4.56. The molecule has 0 atom stereocenters. The van der Waals surface area contributed by atoms with Crippen molar-refractivity contribution >= 4 is 40.8 Å². The third-order valence-corrected chi connectivity index (χ3v) is 6.25. The van der Waals surface area contributed by atoms with Gasteiger partial charge in [-0.3, -0.25) is 9.13 Å². The number of hydrogen-bond donors (Lipinski definition) is 3. The van der Waals surface area contributed by atoms with E-state index in [-0.39, 0.29) is 5.44 Å². The van der Waals surface area contributed by atoms with Gasteiger partial charge in [0.1, 0.15) is 0 Å². The zero-order chi connectivity index (χ0) is 22.5. The maximum Gasteiger partial charge on any atom is 0.415 e. The van der Waals surface area contributed by atoms with Gasteiger partial charge in [-0.2, -0.15) is 0 Å². The zero-order valence-electron chi connectivity index (χ0n) is 16.6. The van der Waals surface area contributed by atoms with E-state index < -0.39 is 13.7 Å². The molecule has 2 aromatic heterocycles. The first kappa shape index (κ1) is 20.2. The topological polar surface area (TPSA) is 113 Å². The number of fused-ring (bicyclic) bond motifs is 2. The lowest BCUT2D eigenvalue weighted by Gasteiger charge is -2.14. The van der Waals surface area contributed by atoms with Crippen molar-refractivity contribution in [2.75, 3.05) is 0 Å². The highest BCUT2D eigenvalue weighted by atomic mass is 31.2. The average molecular weight is 444 g/mol. The number of pyridine rings is 1. The molecule has 32 heavy (non-hydrogen) atoms. The van der Waals surface area contributed by atoms with Crippen molar-refractivity contribution in [2.24, 2.45) is 0 Å². The molecule has 7 nitrogen and oxygen atoms in total. The molecule has 0 aliphatic heterocycles. The smallest absolute Gasteiger partial charge is 0.415 e. The monoisotopic (exact) mass is 444 g/mol. The Balaban J connectivity index is 1.88. The summed E-state index contributed by atoms with van der Waals surface area (Å²) in [5.41, 5.74) is 2.74. The van der Waals surface area contributed by atoms with Gasteiger partial charge in [0.2, 0.25) is 0 Å². The predicted molar refractivity (Wildman–Crippen MR) is 123 cm³/mol. The van der Waals surface area contributed by atoms with Crippen LogP contribution in [0.3, 0.4) is 0 Å². The van der Waals surface area contributed by atoms with Gasteiger partial charge in [-0.15, -0.1) is 0 Å². The van der Waals surface area contributed by atoms with E-state index in [0.29, 0.717) is 27.7 Å². The van der Waals surface area contributed by atoms with Crippen LogP contribution in [0.1, 0.15) is 0 Å². The highest BCUT2D eigenvalue weighted by Gasteiger charge is 2.21. The number of nitrogens with zero attached hydrogens (tertiary/aromatic N) is 2. The summed E-state index contributed by atoms with van der Waals surface area (Å²) in [4.78, 5) is 35.3. The number of aromatic nitrogens is 2. The maximum atomic E-state index is 11.9. The summed E-state index contributed by atoms with van der Waals surface area (Å²) in [7, 11) is -4.56. The van der Waals surface area contributed by atoms with Gasteiger partial charge in [0.15, 0.2) is 5.44 Å². The van der Waals surface area contributed by atoms with Gasteiger partial charge in [0, 0.05) is 22.7 Å². The van der Waals surface area contributed by atoms with Crippen LogP contribution >= 0.6 is 7.60 Å². The number of hydrogen-bond acceptors (Lipinski definition) is 3. The molecule has 0 aliphatic rings. The standard InChI is InChI=1S/C24H17N2O5P/c27-24(28)26-12-4-9-21(26)17-13-16-10-11-22(32(29,30)31)25-23(16)20(14-17)19-8-3-6-15-5-1-2-7-18(15)19/h1-14H,(H,27,28)(H2,29,30,31). The Morgan fingerprint density at radius 3 is 2.41 bits per heavy atom. The predicted octanol–water partition coefficient (Wildman–Crippen LogP) is 4.85. The van der Waals surface area contributed by atoms with Crippen LogP contribution in [0, 0.1) is 0 Å². The molecule has 0 aliphatic carbocycles. The number of carbonyl (C=O) groups is 1. The molecule has 0 bridgehead atoms. The molecule has 0 amide bonds. The third-order valence-electron chi connectivity index (χ3n) is 5.41. The summed E-state index contributed by atoms with van der Waals surface area (Å²) in [6.45, 7) is 0. The van der Waals surface area contributed by atoms with E-state index in [2.05, 4.69) is 4.98 Å². The largest absolute Gasteiger partial charge is 0.464 e. The lowest BCUT2D eigenvalue weighted by molar-refractivity contribution is 0.197. The summed E-state index contributed by atoms with van der Waals surface area (Å²) in [6.07, 6.45) is 0.362. The number of benzene rings is 3. The van der Waals surface area contributed by atoms with Crippen LogP contribution in [-0.2, 0) is 4.57 Å². The van der Waals surface area contributed by atoms with Crippen LogP contribution in [0.2, 0.25) is 0 Å². The lowest BCUT2D eigenvalue weighted by atomic mass is 9.94. The van der Waals surface area contributed by atoms with Crippen molar-refractivity contribution < 1.29 is 24.3 Å². The van der Waals surface area contributed by atoms with Crippen LogP contribution in [0.25, 0.3) is 44.1 Å². The quantitative estimate of drug-likeness (QED) is 0.343. The Hall–Kier alpha value is -3.77. The molecule has 3 aromatic carbocycles. The summed E-state index contributed by atoms with van der Waals surface area (Å²) < 4.78 is 13.0. The summed E-state index contributed by atoms with van der Waals surface area (Å²) >= 11 is 0. The number of rotatable bonds is 3. The summed E-state index contributed by atoms with van der Waals surface area (Å²) in [6, 6.07) is 23.5. The molecule has 8 heteroatoms. The molecule has 0 unspecified atom stereocenters. The minimum absolute atomic E-state index is 0.312. The third kappa shape index (κ3) is 3.39. The Morgan fingerprint density at radius 1 is 0.844 bits per heavy atom. The van der Waals surface area contributed by atoms with E-state index in [4.69, 9.17) is 0 Å². The fraction of sp³-hybridized carbons (Fsp3) is 0. The van der Waals surface area contributed by atoms with Gasteiger partial charge in [0.25, 0.3) is 0 Å². The van der Waals surface area contributed by atoms with E-state index in [1.165, 1.54) is 12.3 Å². The second kappa shape index (κ2) is 7.43. The van der Waals surface area contributed by atoms with Gasteiger partial charge in [-0.05, 0) is 46.7 Å². The highest BCUT2D eigenvalue weighted by molar-refractivity contribution is 7.60. The Bertz CT molecular complexity index is 1560. The molecule has 3 N–H and O–H groups in total. The number of carboxylic acid groups (broad SMARTS) is 1. The highest BCUT2D eigenvalue weighted by Crippen LogP contribution is 2.38. The SMILES string of the molecule is O=C(O)n1cccc1-c1cc(-c2cccc3ccccc23)c2nc(P(=O)(O)O)ccc2c1. The van der Waals surface area contributed by atoms with Crippen molar-refractivity contribution in [1.82, 2.24) is 9.55 Å². The Morgan fingerprint density at radius 2 is 1.62 bits per heavy atom. The molecular weight excluding hydrogens is 427 g/mol. The van der Waals surface area contributed by atoms with Crippen molar-refractivity contribution in [3.8, 4) is 22.4 Å². The van der Waals surface area contributed by atoms with Crippen LogP contribution in [-0.4, -0.2) is 30.5 Å². The first-order valence-electron chi connectivity index (χ1n) is 9.73. The summed E-state index contributed by atoms with van der Waals surface area (Å²) in [5, 5.41) is 12.1. The van der Waals surface area contributed by atoms with E-state index in [1.807, 2.05) is 48.5 Å². The summed E-state index contributed by atoms with van der Waals surface area (Å²) in [5.74, 6) is 0. The van der Waals surface area contributed by atoms with Gasteiger partial charge in [0.05, 0.1) is 11.2 Å². The van der Waals surface area contributed by atoms with Crippen LogP contribution in [0.15, 0.2) is 85.1 Å². The van der Waals surface area contributed by atoms with Crippen molar-refractivity contribution in [1.29, 1.82) is 0 Å². The van der Waals surface area contributed by atoms with Gasteiger partial charge in [-0.25, -0.2) is 9.78 Å². The van der Waals surface area contributed by atoms with E-state index >= 15 is 0 Å². The molecule has 5 rings (SSSR count). The molecule has 0 saturated heterocycles. The van der Waals surface area contributed by atoms with Crippen LogP contribution in [0.5, 0.6) is 0 Å². The molecule has 0 spiro atoms. The van der Waals surface area contributed by atoms with Crippen LogP contribution in [0.4, 0.5) is 4.79 Å². The Labute approximate surface area is 182 Å². The van der Waals surface area contributed by atoms with Crippen molar-refractivity contribution in [2.45, 2.75) is 0 Å². The molecule has 0 saturated carbocycles. The maximum absolute atomic E-state index is 11.9. The molecule has 158 valence electrons. The van der Waals surface area contributed by atoms with Gasteiger partial charge in [-0.1, -0.05) is 48.5 Å². The normalized spacial score (nSPS) is 11.8. The fourth-order valence-corrected chi connectivity index (χ4v) is 4.48. The first-order chi connectivity index (χ1) is 15.3. The van der Waals surface area contributed by atoms with E-state index in [9.17, 15) is 24.3 Å². The van der Waals surface area contributed by atoms with Crippen molar-refractivity contribution in [3.05, 3.63) is 85.1 Å². The molecule has 0 fully saturated rings. The van der Waals surface area contributed by atoms with E-state index in [0.717, 1.165) is 20.9 Å². The zero-order valence-corrected chi connectivity index (χ0v) is 17.5. The second-order valence-electron chi connectivity index (χ2n) is 7.38. The van der Waals surface area contributed by atoms with Gasteiger partial charge < -0.3 is 14.9 Å². The molecule has 5 aromatic rings. The molecular formula is C24H17N2O5P.